The van der Waals surface area contributed by atoms with E-state index in [9.17, 15) is 32.4 Å². The number of ether oxygens (including phenoxy) is 6. The second kappa shape index (κ2) is 68.6. The highest BCUT2D eigenvalue weighted by Crippen LogP contribution is 2.50. The van der Waals surface area contributed by atoms with Gasteiger partial charge in [-0.3, -0.25) is 19.2 Å². The van der Waals surface area contributed by atoms with Crippen LogP contribution >= 0.6 is 0 Å². The lowest BCUT2D eigenvalue weighted by Crippen LogP contribution is -2.46. The molecule has 4 amide bonds. The molecule has 3 N–H and O–H groups in total. The van der Waals surface area contributed by atoms with Crippen molar-refractivity contribution >= 4 is 39.8 Å². The number of aliphatic carboxylic acids is 1. The van der Waals surface area contributed by atoms with Gasteiger partial charge in [-0.2, -0.15) is 0 Å². The summed E-state index contributed by atoms with van der Waals surface area (Å²) in [6, 6.07) is 1.57. The number of hydrogen-bond acceptors (Lipinski definition) is 13. The van der Waals surface area contributed by atoms with E-state index in [0.29, 0.717) is 96.7 Å². The van der Waals surface area contributed by atoms with Crippen molar-refractivity contribution < 1.29 is 65.9 Å². The highest BCUT2D eigenvalue weighted by molar-refractivity contribution is 7.89. The van der Waals surface area contributed by atoms with Gasteiger partial charge in [-0.15, -0.1) is 0 Å². The number of hydrogen-bond donors (Lipinski definition) is 3. The Labute approximate surface area is 915 Å². The van der Waals surface area contributed by atoms with Crippen molar-refractivity contribution in [3.63, 3.8) is 0 Å². The molecule has 0 radical (unpaired) electrons. The minimum atomic E-state index is -2.90. The zero-order valence-corrected chi connectivity index (χ0v) is 106. The predicted molar refractivity (Wildman–Crippen MR) is 623 cm³/mol. The zero-order chi connectivity index (χ0) is 113. The summed E-state index contributed by atoms with van der Waals surface area (Å²) in [6.07, 6.45) is 40.8. The minimum absolute atomic E-state index is 0.0348. The van der Waals surface area contributed by atoms with Crippen molar-refractivity contribution in [2.75, 3.05) is 66.4 Å². The van der Waals surface area contributed by atoms with Gasteiger partial charge in [-0.1, -0.05) is 286 Å². The van der Waals surface area contributed by atoms with Gasteiger partial charge in [0.15, 0.2) is 5.79 Å². The van der Waals surface area contributed by atoms with Crippen molar-refractivity contribution in [1.82, 2.24) is 24.7 Å². The Kier molecular flexibility index (Phi) is 64.4. The van der Waals surface area contributed by atoms with Gasteiger partial charge in [-0.05, 0) is 352 Å². The van der Waals surface area contributed by atoms with Gasteiger partial charge in [0, 0.05) is 72.5 Å². The van der Waals surface area contributed by atoms with E-state index in [-0.39, 0.29) is 47.2 Å². The van der Waals surface area contributed by atoms with Gasteiger partial charge in [-0.25, -0.2) is 17.9 Å². The highest BCUT2D eigenvalue weighted by atomic mass is 32.2. The summed E-state index contributed by atoms with van der Waals surface area (Å²) in [5, 5.41) is 11.1. The first kappa shape index (κ1) is 139. The summed E-state index contributed by atoms with van der Waals surface area (Å²) >= 11 is 0. The van der Waals surface area contributed by atoms with Crippen molar-refractivity contribution in [2.45, 2.75) is 524 Å². The van der Waals surface area contributed by atoms with E-state index in [1.165, 1.54) is 167 Å². The van der Waals surface area contributed by atoms with Crippen molar-refractivity contribution in [3.05, 3.63) is 0 Å². The fraction of sp³-hybridized carbons (Fsp3) is 0.961. The number of amides is 4. The Morgan fingerprint density at radius 1 is 0.365 bits per heavy atom. The molecule has 0 aromatic heterocycles. The Balaban J connectivity index is 0.000000409. The molecule has 17 fully saturated rings. The Morgan fingerprint density at radius 3 is 0.858 bits per heavy atom. The first-order valence-corrected chi connectivity index (χ1v) is 63.3. The largest absolute Gasteiger partial charge is 0.481 e. The number of carbonyl (C=O) groups is 5. The van der Waals surface area contributed by atoms with Crippen LogP contribution in [0.1, 0.15) is 470 Å². The van der Waals surface area contributed by atoms with Crippen LogP contribution in [0.15, 0.2) is 0 Å². The van der Waals surface area contributed by atoms with Crippen LogP contribution in [0.3, 0.4) is 0 Å². The second-order valence-electron chi connectivity index (χ2n) is 56.5. The van der Waals surface area contributed by atoms with Gasteiger partial charge < -0.3 is 53.5 Å². The van der Waals surface area contributed by atoms with Crippen LogP contribution in [0.4, 0.5) is 4.79 Å². The Morgan fingerprint density at radius 2 is 0.642 bits per heavy atom. The van der Waals surface area contributed by atoms with Gasteiger partial charge in [0.25, 0.3) is 0 Å². The molecule has 17 rings (SSSR count). The molecule has 0 aromatic carbocycles. The quantitative estimate of drug-likeness (QED) is 0.103. The monoisotopic (exact) mass is 2110 g/mol. The average Bonchev–Trinajstić information content (AvgIpc) is 1.64. The number of fused-ring (bicyclic) bond motifs is 2. The van der Waals surface area contributed by atoms with Crippen LogP contribution in [-0.4, -0.2) is 178 Å². The molecule has 5 aliphatic heterocycles. The molecule has 17 aliphatic rings. The molecule has 0 spiro atoms. The first-order valence-electron chi connectivity index (χ1n) is 61.7. The molecule has 0 bridgehead atoms. The predicted octanol–water partition coefficient (Wildman–Crippen LogP) is 31.7. The summed E-state index contributed by atoms with van der Waals surface area (Å²) in [5.41, 5.74) is 0.164. The van der Waals surface area contributed by atoms with Crippen molar-refractivity contribution in [1.29, 1.82) is 0 Å². The number of carboxylic acids is 1. The Hall–Kier alpha value is -3.14. The third-order valence-electron chi connectivity index (χ3n) is 38.2. The molecule has 7 atom stereocenters. The average molecular weight is 2110 g/mol. The highest BCUT2D eigenvalue weighted by Gasteiger charge is 2.48. The van der Waals surface area contributed by atoms with E-state index in [1.54, 1.807) is 20.8 Å². The van der Waals surface area contributed by atoms with Crippen molar-refractivity contribution in [3.8, 4) is 0 Å². The van der Waals surface area contributed by atoms with E-state index in [0.717, 1.165) is 206 Å². The molecule has 5 unspecified atom stereocenters. The number of carbonyl (C=O) groups excluding carboxylic acids is 4. The summed E-state index contributed by atoms with van der Waals surface area (Å²) in [5.74, 6) is 28.4. The normalized spacial score (nSPS) is 31.4. The molecule has 874 valence electrons. The third-order valence-corrected chi connectivity index (χ3v) is 39.6. The topological polar surface area (TPSA) is 229 Å². The zero-order valence-electron chi connectivity index (χ0n) is 105. The number of alkyl carbamates (subject to hydrolysis) is 1. The first-order chi connectivity index (χ1) is 68.6. The number of carboxylic acid groups (broad SMARTS) is 1. The fourth-order valence-corrected chi connectivity index (χ4v) is 24.6. The number of nitrogens with one attached hydrogen (secondary N) is 2. The minimum Gasteiger partial charge on any atom is -0.481 e. The third kappa shape index (κ3) is 53.0. The van der Waals surface area contributed by atoms with Crippen LogP contribution in [0.5, 0.6) is 0 Å². The molecule has 0 aromatic rings. The van der Waals surface area contributed by atoms with Crippen LogP contribution in [0.2, 0.25) is 0 Å². The van der Waals surface area contributed by atoms with E-state index in [1.807, 2.05) is 49.7 Å². The molecule has 20 heteroatoms. The summed E-state index contributed by atoms with van der Waals surface area (Å²) in [6.45, 7) is 92.9. The van der Waals surface area contributed by atoms with Crippen LogP contribution in [0, 0.1) is 201 Å². The van der Waals surface area contributed by atoms with Crippen molar-refractivity contribution in [2.24, 2.45) is 201 Å². The summed E-state index contributed by atoms with van der Waals surface area (Å²) in [4.78, 5) is 59.4. The lowest BCUT2D eigenvalue weighted by Gasteiger charge is -2.42. The maximum Gasteiger partial charge on any atom is 0.407 e. The SMILES string of the molecule is CC(=O)N(C)C1CC(C(C)C)C1.CC(=O)N(C)C1CC(C(C)C)C1.CC(=O)N(C)C1CC(C(C)C)C1.CC(C)C1CC(C(=O)O)C1.CC(C)C1CC2OCCOC2C1.CC(C)C1CCC1.CC(C)C1CCC1.CC(C)C1CCC1.CC(C)C1CCS(=O)(=O)NC1.CC(C)C1COC(C)(C)OC1.CC(C)C1C[C@H]2CC(C)(C)O[C@H]2C1.CC(C)CC1CNC(=O)O1.CC1CC(C(C)C)C1.CC1CC(C(C)C)C1.CC1CC(C(C)C)C1. The lowest BCUT2D eigenvalue weighted by atomic mass is 9.70. The smallest absolute Gasteiger partial charge is 0.407 e. The van der Waals surface area contributed by atoms with Gasteiger partial charge >= 0.3 is 12.1 Å². The summed E-state index contributed by atoms with van der Waals surface area (Å²) < 4.78 is 57.7. The van der Waals surface area contributed by atoms with Gasteiger partial charge in [0.1, 0.15) is 6.10 Å². The van der Waals surface area contributed by atoms with E-state index in [4.69, 9.17) is 33.5 Å². The molecule has 12 saturated carbocycles. The number of nitrogens with zero attached hydrogens (tertiary/aromatic N) is 3. The molecule has 12 aliphatic carbocycles. The Bertz CT molecular complexity index is 3410. The van der Waals surface area contributed by atoms with Crippen LogP contribution in [0.25, 0.3) is 0 Å². The molecular weight excluding hydrogens is 1860 g/mol. The molecule has 148 heavy (non-hydrogen) atoms. The molecule has 19 nitrogen and oxygen atoms in total. The number of sulfonamides is 1. The number of cyclic esters (lactones) is 1. The molecular formula is C128H247N5O14S. The molecule has 5 saturated heterocycles. The van der Waals surface area contributed by atoms with E-state index >= 15 is 0 Å². The summed E-state index contributed by atoms with van der Waals surface area (Å²) in [7, 11) is 2.82. The number of rotatable bonds is 20. The second-order valence-corrected chi connectivity index (χ2v) is 58.4. The van der Waals surface area contributed by atoms with Gasteiger partial charge in [0.05, 0.1) is 68.6 Å². The maximum atomic E-state index is 11.0. The van der Waals surface area contributed by atoms with Gasteiger partial charge in [0.2, 0.25) is 27.7 Å². The van der Waals surface area contributed by atoms with E-state index < -0.39 is 16.0 Å². The standard InChI is InChI=1S/C12H22O.3C10H19NO.C10H18O2.C9H18O2.C8H14O2.3C8H16.C7H15NO2S.C7H13NO2.3C7H14/c1-8(2)9-5-10-7-12(3,4)13-11(10)6-9;3*1-7(2)9-5-10(6-9)11(4)8(3)12;1-7(2)8-5-9-10(6-8)12-4-3-11-9;1-7(2)8-5-10-9(3,4)11-6-8;1-5(2)6-3-7(4-6)8(9)10;3*1-6(2)8-4-7(3)5-8;1-6(2)7-3-4-11(9,10)8-5-7;1-5(2)3-6-4-8-7(9)10-6;3*1-6(2)7-4-3-5-7/h8-11H,5-7H2,1-4H3;3*7,9-10H,5-6H2,1-4H3;7-10H,3-6H2,1-2H3;7-8H,5-6H2,1-4H3;5-7H,3-4H2,1-2H3,(H,9,10);3*6-8H,4-5H2,1-3H3;6-8H,3-5H2,1-2H3;5-6H,3-4H2,1-2H3,(H,8,9);3*6-7H,3-5H2,1-2H3/t9?,10-,11-;;;;;;;;;;;;;;/m0............../s1. The maximum absolute atomic E-state index is 11.0. The van der Waals surface area contributed by atoms with Crippen LogP contribution < -0.4 is 10.0 Å². The lowest BCUT2D eigenvalue weighted by molar-refractivity contribution is -0.266. The fourth-order valence-electron chi connectivity index (χ4n) is 23.4. The van der Waals surface area contributed by atoms with E-state index in [2.05, 4.69) is 252 Å². The van der Waals surface area contributed by atoms with Crippen LogP contribution in [-0.2, 0) is 57.6 Å². The molecule has 5 heterocycles.